The number of aromatic nitrogens is 5. The zero-order valence-electron chi connectivity index (χ0n) is 22.9. The first-order valence-electron chi connectivity index (χ1n) is 13.7. The molecule has 1 fully saturated rings. The van der Waals surface area contributed by atoms with Gasteiger partial charge in [0.05, 0.1) is 5.52 Å². The van der Waals surface area contributed by atoms with E-state index in [0.29, 0.717) is 34.4 Å². The van der Waals surface area contributed by atoms with Crippen LogP contribution in [0.2, 0.25) is 0 Å². The van der Waals surface area contributed by atoms with Gasteiger partial charge in [0.1, 0.15) is 11.2 Å². The van der Waals surface area contributed by atoms with Crippen LogP contribution >= 0.6 is 0 Å². The maximum Gasteiger partial charge on any atom is 0.284 e. The summed E-state index contributed by atoms with van der Waals surface area (Å²) in [6, 6.07) is 14.2. The van der Waals surface area contributed by atoms with E-state index < -0.39 is 0 Å². The standard InChI is InChI=1S/C30H31N9O/c1-19-10-11-31-26(16-19)38-25-7-5-4-6-22(25)28-34-27-23(29(40)39(28)38)18-32-30(35-27)33-21-8-9-24(20(2)17-21)37-14-12-36(3)13-15-37/h4-9,11,16-19H,10,12-15H2,1-3H3,(H,32,33,35). The molecular formula is C30H31N9O. The minimum atomic E-state index is -0.232. The van der Waals surface area contributed by atoms with Crippen molar-refractivity contribution < 1.29 is 0 Å². The summed E-state index contributed by atoms with van der Waals surface area (Å²) in [5, 5.41) is 4.52. The van der Waals surface area contributed by atoms with Gasteiger partial charge in [-0.15, -0.1) is 0 Å². The highest BCUT2D eigenvalue weighted by molar-refractivity contribution is 5.96. The lowest BCUT2D eigenvalue weighted by Crippen LogP contribution is -2.44. The zero-order valence-corrected chi connectivity index (χ0v) is 22.9. The number of nitrogens with zero attached hydrogens (tertiary/aromatic N) is 8. The van der Waals surface area contributed by atoms with Crippen LogP contribution in [0.25, 0.3) is 33.4 Å². The van der Waals surface area contributed by atoms with Crippen molar-refractivity contribution in [3.8, 4) is 0 Å². The molecule has 0 bridgehead atoms. The van der Waals surface area contributed by atoms with Crippen LogP contribution in [-0.4, -0.2) is 68.5 Å². The first-order chi connectivity index (χ1) is 19.5. The number of aliphatic imine (C=N–C) groups is 1. The van der Waals surface area contributed by atoms with Crippen LogP contribution in [0, 0.1) is 12.8 Å². The third kappa shape index (κ3) is 4.12. The van der Waals surface area contributed by atoms with Gasteiger partial charge < -0.3 is 15.1 Å². The van der Waals surface area contributed by atoms with E-state index in [2.05, 4.69) is 69.2 Å². The monoisotopic (exact) mass is 533 g/mol. The highest BCUT2D eigenvalue weighted by Crippen LogP contribution is 2.28. The number of benzene rings is 2. The molecule has 2 aromatic carbocycles. The van der Waals surface area contributed by atoms with Crippen molar-refractivity contribution in [3.63, 3.8) is 0 Å². The van der Waals surface area contributed by atoms with Crippen molar-refractivity contribution in [2.24, 2.45) is 10.9 Å². The number of piperazine rings is 1. The molecule has 1 N–H and O–H groups in total. The molecule has 1 atom stereocenters. The molecule has 0 saturated carbocycles. The average molecular weight is 534 g/mol. The Labute approximate surface area is 231 Å². The van der Waals surface area contributed by atoms with Gasteiger partial charge >= 0.3 is 0 Å². The number of likely N-dealkylation sites (N-methyl/N-ethyl adjacent to an activating group) is 1. The van der Waals surface area contributed by atoms with E-state index in [-0.39, 0.29) is 5.56 Å². The van der Waals surface area contributed by atoms with Gasteiger partial charge in [-0.2, -0.15) is 9.50 Å². The zero-order chi connectivity index (χ0) is 27.4. The lowest BCUT2D eigenvalue weighted by atomic mass is 10.1. The van der Waals surface area contributed by atoms with Crippen LogP contribution in [0.15, 0.2) is 64.5 Å². The van der Waals surface area contributed by atoms with Crippen LogP contribution in [0.3, 0.4) is 0 Å². The minimum Gasteiger partial charge on any atom is -0.369 e. The molecule has 1 unspecified atom stereocenters. The summed E-state index contributed by atoms with van der Waals surface area (Å²) in [4.78, 5) is 37.2. The summed E-state index contributed by atoms with van der Waals surface area (Å²) < 4.78 is 3.44. The second-order valence-corrected chi connectivity index (χ2v) is 10.8. The van der Waals surface area contributed by atoms with E-state index in [1.807, 2.05) is 41.2 Å². The Morgan fingerprint density at radius 3 is 2.62 bits per heavy atom. The van der Waals surface area contributed by atoms with Crippen molar-refractivity contribution in [1.82, 2.24) is 29.0 Å². The Kier molecular flexibility index (Phi) is 5.85. The average Bonchev–Trinajstić information content (AvgIpc) is 3.28. The predicted octanol–water partition coefficient (Wildman–Crippen LogP) is 4.31. The molecule has 5 aromatic rings. The van der Waals surface area contributed by atoms with E-state index in [4.69, 9.17) is 4.98 Å². The third-order valence-corrected chi connectivity index (χ3v) is 7.83. The molecule has 2 aliphatic rings. The van der Waals surface area contributed by atoms with Crippen molar-refractivity contribution in [2.75, 3.05) is 43.4 Å². The number of nitrogens with one attached hydrogen (secondary N) is 1. The molecule has 10 nitrogen and oxygen atoms in total. The number of fused-ring (bicyclic) bond motifs is 4. The topological polar surface area (TPSA) is 96.0 Å². The second-order valence-electron chi connectivity index (χ2n) is 10.8. The van der Waals surface area contributed by atoms with Crippen LogP contribution in [0.4, 0.5) is 17.3 Å². The van der Waals surface area contributed by atoms with Gasteiger partial charge in [0.15, 0.2) is 11.3 Å². The summed E-state index contributed by atoms with van der Waals surface area (Å²) in [5.74, 6) is 1.43. The molecule has 0 amide bonds. The van der Waals surface area contributed by atoms with E-state index in [0.717, 1.165) is 49.2 Å². The van der Waals surface area contributed by atoms with E-state index in [9.17, 15) is 4.79 Å². The molecule has 0 spiro atoms. The van der Waals surface area contributed by atoms with Gasteiger partial charge in [0.25, 0.3) is 5.56 Å². The summed E-state index contributed by atoms with van der Waals surface area (Å²) >= 11 is 0. The van der Waals surface area contributed by atoms with Crippen molar-refractivity contribution in [3.05, 3.63) is 70.7 Å². The Bertz CT molecular complexity index is 1890. The quantitative estimate of drug-likeness (QED) is 0.368. The number of hydrogen-bond acceptors (Lipinski definition) is 8. The molecule has 10 heteroatoms. The molecular weight excluding hydrogens is 502 g/mol. The van der Waals surface area contributed by atoms with Gasteiger partial charge in [-0.3, -0.25) is 4.79 Å². The number of allylic oxidation sites excluding steroid dienone is 1. The molecule has 2 aliphatic heterocycles. The summed E-state index contributed by atoms with van der Waals surface area (Å²) in [6.45, 7) is 8.43. The van der Waals surface area contributed by atoms with Crippen LogP contribution < -0.4 is 15.8 Å². The Morgan fingerprint density at radius 2 is 1.82 bits per heavy atom. The van der Waals surface area contributed by atoms with E-state index in [1.54, 1.807) is 10.7 Å². The number of para-hydroxylation sites is 1. The Balaban J connectivity index is 1.28. The molecule has 40 heavy (non-hydrogen) atoms. The molecule has 7 rings (SSSR count). The molecule has 202 valence electrons. The number of rotatable bonds is 4. The van der Waals surface area contributed by atoms with Gasteiger partial charge in [-0.1, -0.05) is 19.1 Å². The van der Waals surface area contributed by atoms with E-state index in [1.165, 1.54) is 11.3 Å². The van der Waals surface area contributed by atoms with Crippen molar-refractivity contribution >= 4 is 56.9 Å². The summed E-state index contributed by atoms with van der Waals surface area (Å²) in [5.41, 5.74) is 4.85. The van der Waals surface area contributed by atoms with Crippen molar-refractivity contribution in [1.29, 1.82) is 0 Å². The molecule has 0 aliphatic carbocycles. The summed E-state index contributed by atoms with van der Waals surface area (Å²) in [6.07, 6.45) is 6.42. The van der Waals surface area contributed by atoms with Gasteiger partial charge in [-0.25, -0.2) is 19.6 Å². The lowest BCUT2D eigenvalue weighted by Gasteiger charge is -2.35. The normalized spacial score (nSPS) is 18.1. The Morgan fingerprint density at radius 1 is 1.00 bits per heavy atom. The largest absolute Gasteiger partial charge is 0.369 e. The highest BCUT2D eigenvalue weighted by atomic mass is 16.1. The number of anilines is 3. The van der Waals surface area contributed by atoms with Gasteiger partial charge in [0, 0.05) is 55.4 Å². The molecule has 5 heterocycles. The van der Waals surface area contributed by atoms with Crippen molar-refractivity contribution in [2.45, 2.75) is 20.3 Å². The summed E-state index contributed by atoms with van der Waals surface area (Å²) in [7, 11) is 2.16. The maximum absolute atomic E-state index is 13.8. The predicted molar refractivity (Wildman–Crippen MR) is 161 cm³/mol. The van der Waals surface area contributed by atoms with Gasteiger partial charge in [-0.05, 0) is 68.3 Å². The molecule has 3 aromatic heterocycles. The second kappa shape index (κ2) is 9.56. The smallest absolute Gasteiger partial charge is 0.284 e. The van der Waals surface area contributed by atoms with Crippen LogP contribution in [-0.2, 0) is 0 Å². The lowest BCUT2D eigenvalue weighted by molar-refractivity contribution is 0.312. The first kappa shape index (κ1) is 24.5. The fourth-order valence-electron chi connectivity index (χ4n) is 5.64. The first-order valence-corrected chi connectivity index (χ1v) is 13.7. The van der Waals surface area contributed by atoms with E-state index >= 15 is 0 Å². The van der Waals surface area contributed by atoms with Crippen LogP contribution in [0.1, 0.15) is 18.9 Å². The number of aryl methyl sites for hydroxylation is 1. The minimum absolute atomic E-state index is 0.232. The van der Waals surface area contributed by atoms with Gasteiger partial charge in [0.2, 0.25) is 5.95 Å². The SMILES string of the molecule is Cc1cc(Nc2ncc3c(=O)n4c(nc3n2)c2ccccc2n4C2=CC(C)CC=N2)ccc1N1CCN(C)CC1. The van der Waals surface area contributed by atoms with Crippen LogP contribution in [0.5, 0.6) is 0 Å². The fraction of sp³-hybridized carbons (Fsp3) is 0.300. The molecule has 1 saturated heterocycles. The highest BCUT2D eigenvalue weighted by Gasteiger charge is 2.21. The Hall–Kier alpha value is -4.57. The fourth-order valence-corrected chi connectivity index (χ4v) is 5.64. The maximum atomic E-state index is 13.8. The molecule has 0 radical (unpaired) electrons. The third-order valence-electron chi connectivity index (χ3n) is 7.83. The number of hydrogen-bond donors (Lipinski definition) is 1.